The van der Waals surface area contributed by atoms with Crippen LogP contribution >= 0.6 is 11.6 Å². The molecule has 14 heavy (non-hydrogen) atoms. The molecule has 0 aliphatic carbocycles. The van der Waals surface area contributed by atoms with E-state index >= 15 is 0 Å². The first-order chi connectivity index (χ1) is 6.58. The summed E-state index contributed by atoms with van der Waals surface area (Å²) < 4.78 is 4.36. The molecule has 0 aromatic heterocycles. The van der Waals surface area contributed by atoms with Gasteiger partial charge in [-0.15, -0.1) is 0 Å². The molecule has 2 atom stereocenters. The van der Waals surface area contributed by atoms with Crippen molar-refractivity contribution in [2.75, 3.05) is 0 Å². The number of ether oxygens (including phenoxy) is 1. The largest absolute Gasteiger partial charge is 0.474 e. The summed E-state index contributed by atoms with van der Waals surface area (Å²) in [5.74, 6) is 0. The van der Waals surface area contributed by atoms with Crippen molar-refractivity contribution in [1.29, 1.82) is 0 Å². The van der Waals surface area contributed by atoms with Crippen molar-refractivity contribution in [2.45, 2.75) is 37.9 Å². The van der Waals surface area contributed by atoms with Gasteiger partial charge >= 0.3 is 0 Å². The Hall–Kier alpha value is -0.510. The van der Waals surface area contributed by atoms with E-state index < -0.39 is 5.56 Å². The molecule has 0 bridgehead atoms. The highest BCUT2D eigenvalue weighted by molar-refractivity contribution is 6.19. The van der Waals surface area contributed by atoms with Crippen molar-refractivity contribution in [1.82, 2.24) is 0 Å². The SMILES string of the molecule is C=COC=C.CCC(O)CCC(O)Cl. The molecular formula is C10H19ClO3. The van der Waals surface area contributed by atoms with Crippen LogP contribution in [0, 0.1) is 0 Å². The Balaban J connectivity index is 0. The summed E-state index contributed by atoms with van der Waals surface area (Å²) in [6.07, 6.45) is 4.10. The Bertz CT molecular complexity index is 131. The molecule has 0 rings (SSSR count). The van der Waals surface area contributed by atoms with E-state index in [0.29, 0.717) is 12.8 Å². The maximum absolute atomic E-state index is 8.94. The van der Waals surface area contributed by atoms with E-state index in [2.05, 4.69) is 17.9 Å². The van der Waals surface area contributed by atoms with Crippen molar-refractivity contribution >= 4 is 11.6 Å². The zero-order valence-electron chi connectivity index (χ0n) is 8.53. The second-order valence-electron chi connectivity index (χ2n) is 2.54. The minimum Gasteiger partial charge on any atom is -0.474 e. The smallest absolute Gasteiger partial charge is 0.128 e. The van der Waals surface area contributed by atoms with Crippen molar-refractivity contribution in [2.24, 2.45) is 0 Å². The molecule has 0 radical (unpaired) electrons. The Morgan fingerprint density at radius 1 is 1.29 bits per heavy atom. The summed E-state index contributed by atoms with van der Waals surface area (Å²) in [4.78, 5) is 0. The Kier molecular flexibility index (Phi) is 14.2. The second-order valence-corrected chi connectivity index (χ2v) is 3.05. The maximum Gasteiger partial charge on any atom is 0.128 e. The molecule has 0 aromatic rings. The number of aliphatic hydroxyl groups excluding tert-OH is 2. The van der Waals surface area contributed by atoms with E-state index in [4.69, 9.17) is 21.8 Å². The lowest BCUT2D eigenvalue weighted by Crippen LogP contribution is -2.07. The van der Waals surface area contributed by atoms with Crippen LogP contribution in [0.25, 0.3) is 0 Å². The van der Waals surface area contributed by atoms with Crippen molar-refractivity contribution < 1.29 is 14.9 Å². The van der Waals surface area contributed by atoms with Gasteiger partial charge in [-0.2, -0.15) is 0 Å². The highest BCUT2D eigenvalue weighted by Gasteiger charge is 2.03. The summed E-state index contributed by atoms with van der Waals surface area (Å²) in [6, 6.07) is 0. The second kappa shape index (κ2) is 12.5. The number of aliphatic hydroxyl groups is 2. The molecule has 0 spiro atoms. The third kappa shape index (κ3) is 17.5. The van der Waals surface area contributed by atoms with E-state index in [9.17, 15) is 0 Å². The first-order valence-electron chi connectivity index (χ1n) is 4.45. The molecule has 0 saturated carbocycles. The predicted octanol–water partition coefficient (Wildman–Crippen LogP) is 2.38. The monoisotopic (exact) mass is 222 g/mol. The minimum absolute atomic E-state index is 0.307. The average molecular weight is 223 g/mol. The fourth-order valence-corrected chi connectivity index (χ4v) is 0.728. The van der Waals surface area contributed by atoms with Crippen molar-refractivity contribution in [3.8, 4) is 0 Å². The highest BCUT2D eigenvalue weighted by atomic mass is 35.5. The predicted molar refractivity (Wildman–Crippen MR) is 58.9 cm³/mol. The summed E-state index contributed by atoms with van der Waals surface area (Å²) in [7, 11) is 0. The standard InChI is InChI=1S/C6H13ClO2.C4H6O/c1-2-5(8)3-4-6(7)9;1-3-5-4-2/h5-6,8-9H,2-4H2,1H3;3-4H,1-2H2. The van der Waals surface area contributed by atoms with Crippen LogP contribution in [0.4, 0.5) is 0 Å². The molecule has 0 amide bonds. The van der Waals surface area contributed by atoms with E-state index in [1.54, 1.807) is 0 Å². The average Bonchev–Trinajstić information content (AvgIpc) is 2.16. The van der Waals surface area contributed by atoms with Crippen LogP contribution in [0.15, 0.2) is 25.7 Å². The molecule has 3 nitrogen and oxygen atoms in total. The van der Waals surface area contributed by atoms with Gasteiger partial charge in [0, 0.05) is 0 Å². The molecule has 0 saturated heterocycles. The Morgan fingerprint density at radius 3 is 2.00 bits per heavy atom. The van der Waals surface area contributed by atoms with Gasteiger partial charge < -0.3 is 14.9 Å². The van der Waals surface area contributed by atoms with Gasteiger partial charge in [0.2, 0.25) is 0 Å². The van der Waals surface area contributed by atoms with Crippen molar-refractivity contribution in [3.05, 3.63) is 25.7 Å². The van der Waals surface area contributed by atoms with Crippen LogP contribution in [0.1, 0.15) is 26.2 Å². The van der Waals surface area contributed by atoms with Crippen LogP contribution < -0.4 is 0 Å². The zero-order valence-corrected chi connectivity index (χ0v) is 9.28. The zero-order chi connectivity index (χ0) is 11.4. The number of hydrogen-bond acceptors (Lipinski definition) is 3. The van der Waals surface area contributed by atoms with Gasteiger partial charge in [0.05, 0.1) is 18.6 Å². The molecule has 0 aliphatic rings. The molecule has 2 unspecified atom stereocenters. The topological polar surface area (TPSA) is 49.7 Å². The number of halogens is 1. The lowest BCUT2D eigenvalue weighted by atomic mass is 10.1. The Labute approximate surface area is 90.7 Å². The molecule has 2 N–H and O–H groups in total. The molecule has 4 heteroatoms. The van der Waals surface area contributed by atoms with Crippen molar-refractivity contribution in [3.63, 3.8) is 0 Å². The normalized spacial score (nSPS) is 13.1. The fourth-order valence-electron chi connectivity index (χ4n) is 0.602. The highest BCUT2D eigenvalue weighted by Crippen LogP contribution is 2.06. The van der Waals surface area contributed by atoms with Crippen LogP contribution in [-0.4, -0.2) is 21.9 Å². The molecule has 0 aliphatic heterocycles. The van der Waals surface area contributed by atoms with E-state index in [0.717, 1.165) is 6.42 Å². The van der Waals surface area contributed by atoms with Gasteiger partial charge in [-0.3, -0.25) is 0 Å². The first kappa shape index (κ1) is 15.9. The Morgan fingerprint density at radius 2 is 1.79 bits per heavy atom. The van der Waals surface area contributed by atoms with Crippen LogP contribution in [0.2, 0.25) is 0 Å². The van der Waals surface area contributed by atoms with Crippen LogP contribution in [-0.2, 0) is 4.74 Å². The molecular weight excluding hydrogens is 204 g/mol. The van der Waals surface area contributed by atoms with Gasteiger partial charge in [-0.05, 0) is 19.3 Å². The van der Waals surface area contributed by atoms with E-state index in [1.807, 2.05) is 6.92 Å². The first-order valence-corrected chi connectivity index (χ1v) is 4.89. The van der Waals surface area contributed by atoms with E-state index in [-0.39, 0.29) is 6.10 Å². The summed E-state index contributed by atoms with van der Waals surface area (Å²) in [5, 5.41) is 17.5. The third-order valence-corrected chi connectivity index (χ3v) is 1.62. The molecule has 0 fully saturated rings. The number of alkyl halides is 1. The number of rotatable bonds is 6. The third-order valence-electron chi connectivity index (χ3n) is 1.40. The van der Waals surface area contributed by atoms with Gasteiger partial charge in [-0.25, -0.2) is 0 Å². The van der Waals surface area contributed by atoms with Gasteiger partial charge in [0.15, 0.2) is 0 Å². The van der Waals surface area contributed by atoms with Crippen LogP contribution in [0.3, 0.4) is 0 Å². The van der Waals surface area contributed by atoms with Gasteiger partial charge in [0.1, 0.15) is 5.56 Å². The molecule has 84 valence electrons. The van der Waals surface area contributed by atoms with Crippen LogP contribution in [0.5, 0.6) is 0 Å². The van der Waals surface area contributed by atoms with Gasteiger partial charge in [0.25, 0.3) is 0 Å². The van der Waals surface area contributed by atoms with Gasteiger partial charge in [-0.1, -0.05) is 31.7 Å². The fraction of sp³-hybridized carbons (Fsp3) is 0.600. The summed E-state index contributed by atoms with van der Waals surface area (Å²) in [5.41, 5.74) is -0.800. The minimum atomic E-state index is -0.800. The summed E-state index contributed by atoms with van der Waals surface area (Å²) in [6.45, 7) is 8.41. The molecule has 0 heterocycles. The lowest BCUT2D eigenvalue weighted by Gasteiger charge is -2.06. The maximum atomic E-state index is 8.94. The quantitative estimate of drug-likeness (QED) is 0.536. The lowest BCUT2D eigenvalue weighted by molar-refractivity contribution is 0.138. The number of hydrogen-bond donors (Lipinski definition) is 2. The van der Waals surface area contributed by atoms with E-state index in [1.165, 1.54) is 12.5 Å². The summed E-state index contributed by atoms with van der Waals surface area (Å²) >= 11 is 5.22. The molecule has 0 aromatic carbocycles.